The first-order valence-corrected chi connectivity index (χ1v) is 17.0. The molecule has 4 amide bonds. The molecule has 4 aromatic rings. The summed E-state index contributed by atoms with van der Waals surface area (Å²) in [6.07, 6.45) is 4.24. The highest BCUT2D eigenvalue weighted by molar-refractivity contribution is 6.23. The summed E-state index contributed by atoms with van der Waals surface area (Å²) in [7, 11) is 0. The molecule has 5 aliphatic rings. The normalized spacial score (nSPS) is 22.4. The second-order valence-electron chi connectivity index (χ2n) is 14.4. The van der Waals surface area contributed by atoms with Crippen LogP contribution < -0.4 is 20.9 Å². The number of fused-ring (bicyclic) bond motifs is 2. The minimum Gasteiger partial charge on any atom is -0.399 e. The molecule has 1 spiro atoms. The summed E-state index contributed by atoms with van der Waals surface area (Å²) >= 11 is 0. The van der Waals surface area contributed by atoms with Crippen molar-refractivity contribution in [1.29, 1.82) is 0 Å². The second-order valence-corrected chi connectivity index (χ2v) is 14.4. The van der Waals surface area contributed by atoms with Crippen molar-refractivity contribution in [2.24, 2.45) is 11.3 Å². The number of rotatable bonds is 6. The highest BCUT2D eigenvalue weighted by Crippen LogP contribution is 2.43. The monoisotopic (exact) mass is 659 g/mol. The molecule has 7 heterocycles. The minimum absolute atomic E-state index is 0.106. The van der Waals surface area contributed by atoms with Crippen LogP contribution in [0.25, 0.3) is 22.2 Å². The Hall–Kier alpha value is -5.30. The number of pyridine rings is 1. The first-order valence-electron chi connectivity index (χ1n) is 17.0. The van der Waals surface area contributed by atoms with Crippen LogP contribution >= 0.6 is 0 Å². The largest absolute Gasteiger partial charge is 0.399 e. The third kappa shape index (κ3) is 5.02. The summed E-state index contributed by atoms with van der Waals surface area (Å²) in [4.78, 5) is 63.3. The zero-order valence-corrected chi connectivity index (χ0v) is 27.0. The molecule has 4 saturated heterocycles. The Morgan fingerprint density at radius 3 is 2.45 bits per heavy atom. The van der Waals surface area contributed by atoms with Crippen molar-refractivity contribution in [3.8, 4) is 11.3 Å². The van der Waals surface area contributed by atoms with Crippen molar-refractivity contribution in [2.75, 3.05) is 61.3 Å². The van der Waals surface area contributed by atoms with Crippen LogP contribution in [0.3, 0.4) is 0 Å². The van der Waals surface area contributed by atoms with Gasteiger partial charge >= 0.3 is 0 Å². The van der Waals surface area contributed by atoms with Gasteiger partial charge in [-0.3, -0.25) is 34.5 Å². The lowest BCUT2D eigenvalue weighted by Gasteiger charge is -2.61. The average Bonchev–Trinajstić information content (AvgIpc) is 3.59. The van der Waals surface area contributed by atoms with Gasteiger partial charge in [-0.2, -0.15) is 5.10 Å². The van der Waals surface area contributed by atoms with E-state index in [0.717, 1.165) is 97.2 Å². The van der Waals surface area contributed by atoms with Crippen LogP contribution in [-0.4, -0.2) is 100 Å². The molecule has 13 heteroatoms. The SMILES string of the molecule is Nc1ccc2[nH]nc(-c3ccnc(N4CC5(CN(CC6CCN(c7ccc8c(c7)C(=O)N(C7CCC(=O)NC7=O)C8=O)CC6)C5)C4)c3)c2c1. The zero-order chi connectivity index (χ0) is 33.4. The first kappa shape index (κ1) is 29.8. The second kappa shape index (κ2) is 11.1. The van der Waals surface area contributed by atoms with Crippen LogP contribution in [0.1, 0.15) is 46.4 Å². The lowest BCUT2D eigenvalue weighted by Crippen LogP contribution is -2.72. The number of nitrogens with one attached hydrogen (secondary N) is 2. The molecule has 49 heavy (non-hydrogen) atoms. The van der Waals surface area contributed by atoms with Gasteiger partial charge in [-0.1, -0.05) is 0 Å². The Balaban J connectivity index is 0.769. The molecule has 13 nitrogen and oxygen atoms in total. The summed E-state index contributed by atoms with van der Waals surface area (Å²) in [6.45, 7) is 7.09. The Morgan fingerprint density at radius 1 is 0.857 bits per heavy atom. The Morgan fingerprint density at radius 2 is 1.65 bits per heavy atom. The van der Waals surface area contributed by atoms with E-state index in [0.29, 0.717) is 28.1 Å². The molecule has 1 unspecified atom stereocenters. The van der Waals surface area contributed by atoms with E-state index in [4.69, 9.17) is 5.73 Å². The van der Waals surface area contributed by atoms with Crippen molar-refractivity contribution in [3.05, 3.63) is 65.9 Å². The maximum Gasteiger partial charge on any atom is 0.262 e. The highest BCUT2D eigenvalue weighted by Gasteiger charge is 2.52. The van der Waals surface area contributed by atoms with Crippen molar-refractivity contribution in [3.63, 3.8) is 0 Å². The number of aromatic amines is 1. The van der Waals surface area contributed by atoms with Crippen molar-refractivity contribution < 1.29 is 19.2 Å². The summed E-state index contributed by atoms with van der Waals surface area (Å²) in [5, 5.41) is 10.9. The van der Waals surface area contributed by atoms with E-state index in [1.54, 1.807) is 12.1 Å². The van der Waals surface area contributed by atoms with Gasteiger partial charge in [0.2, 0.25) is 11.8 Å². The number of amides is 4. The lowest BCUT2D eigenvalue weighted by atomic mass is 9.72. The predicted octanol–water partition coefficient (Wildman–Crippen LogP) is 2.65. The predicted molar refractivity (Wildman–Crippen MR) is 183 cm³/mol. The number of nitrogens with two attached hydrogens (primary N) is 1. The number of aromatic nitrogens is 3. The fourth-order valence-corrected chi connectivity index (χ4v) is 8.54. The van der Waals surface area contributed by atoms with Crippen LogP contribution in [0.2, 0.25) is 0 Å². The molecule has 5 aliphatic heterocycles. The van der Waals surface area contributed by atoms with Gasteiger partial charge < -0.3 is 20.4 Å². The standard InChI is InChI=1S/C36H37N9O4/c37-23-1-4-28-27(14-23)32(41-40-28)22-7-10-38-30(13-22)44-19-36(20-44)17-42(18-36)16-21-8-11-43(12-9-21)24-2-3-25-26(15-24)35(49)45(34(25)48)29-5-6-31(46)39-33(29)47/h1-4,7,10,13-15,21,29H,5-6,8-9,11-12,16-20,37H2,(H,40,41)(H,39,46,47). The van der Waals surface area contributed by atoms with Gasteiger partial charge in [0.15, 0.2) is 0 Å². The first-order chi connectivity index (χ1) is 23.7. The van der Waals surface area contributed by atoms with Crippen LogP contribution in [-0.2, 0) is 9.59 Å². The van der Waals surface area contributed by atoms with Gasteiger partial charge in [-0.25, -0.2) is 4.98 Å². The van der Waals surface area contributed by atoms with Gasteiger partial charge in [-0.05, 0) is 73.7 Å². The highest BCUT2D eigenvalue weighted by atomic mass is 16.2. The van der Waals surface area contributed by atoms with Crippen LogP contribution in [0.5, 0.6) is 0 Å². The molecule has 250 valence electrons. The number of carbonyl (C=O) groups excluding carboxylic acids is 4. The number of H-pyrrole nitrogens is 1. The van der Waals surface area contributed by atoms with Gasteiger partial charge in [0.05, 0.1) is 16.6 Å². The summed E-state index contributed by atoms with van der Waals surface area (Å²) < 4.78 is 0. The third-order valence-electron chi connectivity index (χ3n) is 11.0. The maximum atomic E-state index is 13.3. The van der Waals surface area contributed by atoms with E-state index in [2.05, 4.69) is 41.3 Å². The zero-order valence-electron chi connectivity index (χ0n) is 27.0. The number of hydrogen-bond donors (Lipinski definition) is 3. The number of piperidine rings is 2. The number of nitrogen functional groups attached to an aromatic ring is 1. The van der Waals surface area contributed by atoms with Crippen molar-refractivity contribution in [1.82, 2.24) is 30.3 Å². The minimum atomic E-state index is -0.954. The van der Waals surface area contributed by atoms with Gasteiger partial charge in [-0.15, -0.1) is 0 Å². The number of anilines is 3. The molecule has 2 aromatic heterocycles. The number of imide groups is 2. The van der Waals surface area contributed by atoms with Gasteiger partial charge in [0.25, 0.3) is 11.8 Å². The van der Waals surface area contributed by atoms with Gasteiger partial charge in [0, 0.05) is 86.2 Å². The Bertz CT molecular complexity index is 2040. The Kier molecular flexibility index (Phi) is 6.77. The molecule has 0 radical (unpaired) electrons. The molecule has 2 aromatic carbocycles. The van der Waals surface area contributed by atoms with Crippen LogP contribution in [0.4, 0.5) is 17.2 Å². The van der Waals surface area contributed by atoms with Crippen molar-refractivity contribution in [2.45, 2.75) is 31.7 Å². The molecule has 0 bridgehead atoms. The van der Waals surface area contributed by atoms with E-state index < -0.39 is 23.8 Å². The topological polar surface area (TPSA) is 161 Å². The molecule has 0 saturated carbocycles. The smallest absolute Gasteiger partial charge is 0.262 e. The average molecular weight is 660 g/mol. The summed E-state index contributed by atoms with van der Waals surface area (Å²) in [6, 6.07) is 14.3. The molecule has 4 fully saturated rings. The number of carbonyl (C=O) groups is 4. The fourth-order valence-electron chi connectivity index (χ4n) is 8.54. The maximum absolute atomic E-state index is 13.3. The summed E-state index contributed by atoms with van der Waals surface area (Å²) in [5.74, 6) is -0.316. The van der Waals surface area contributed by atoms with E-state index in [1.165, 1.54) is 0 Å². The molecule has 1 atom stereocenters. The van der Waals surface area contributed by atoms with E-state index in [1.807, 2.05) is 36.5 Å². The van der Waals surface area contributed by atoms with Gasteiger partial charge in [0.1, 0.15) is 17.6 Å². The summed E-state index contributed by atoms with van der Waals surface area (Å²) in [5.41, 5.74) is 11.5. The van der Waals surface area contributed by atoms with Crippen LogP contribution in [0, 0.1) is 11.3 Å². The number of nitrogens with zero attached hydrogens (tertiary/aromatic N) is 6. The number of hydrogen-bond acceptors (Lipinski definition) is 10. The van der Waals surface area contributed by atoms with Crippen molar-refractivity contribution >= 4 is 51.7 Å². The molecule has 4 N–H and O–H groups in total. The molecular formula is C36H37N9O4. The lowest BCUT2D eigenvalue weighted by molar-refractivity contribution is -0.136. The van der Waals surface area contributed by atoms with Crippen LogP contribution in [0.15, 0.2) is 54.7 Å². The Labute approximate surface area is 282 Å². The third-order valence-corrected chi connectivity index (χ3v) is 11.0. The molecular weight excluding hydrogens is 622 g/mol. The molecule has 0 aliphatic carbocycles. The van der Waals surface area contributed by atoms with E-state index in [-0.39, 0.29) is 18.7 Å². The quantitative estimate of drug-likeness (QED) is 0.207. The van der Waals surface area contributed by atoms with E-state index in [9.17, 15) is 19.2 Å². The fraction of sp³-hybridized carbons (Fsp3) is 0.389. The number of benzene rings is 2. The molecule has 9 rings (SSSR count). The number of likely N-dealkylation sites (tertiary alicyclic amines) is 1. The van der Waals surface area contributed by atoms with E-state index >= 15 is 0 Å².